The van der Waals surface area contributed by atoms with Gasteiger partial charge in [0.2, 0.25) is 5.91 Å². The van der Waals surface area contributed by atoms with Crippen molar-refractivity contribution in [2.24, 2.45) is 0 Å². The van der Waals surface area contributed by atoms with Gasteiger partial charge in [-0.1, -0.05) is 191 Å². The number of allylic oxidation sites excluding steroid dienone is 7. The maximum absolute atomic E-state index is 12.9. The molecular formula is C49H93N2O6P. The molecule has 1 amide bonds. The standard InChI is InChI=1S/C49H93N2O6P/c1-6-8-10-12-14-16-18-20-22-23-24-25-26-27-29-31-33-35-37-39-41-43-49(53)50-47(46-57-58(54,55)56-45-44-51(3,4)5)48(52)42-40-38-36-34-32-30-28-21-19-17-15-13-11-9-7-2/h18,20,23-24,26-27,40,42,47-48,52H,6-17,19,21-22,25,28-39,41,43-46H2,1-5H3,(H-,50,53,54,55)/b20-18-,24-23-,27-26-,42-40+. The van der Waals surface area contributed by atoms with Crippen LogP contribution in [0.1, 0.15) is 206 Å². The lowest BCUT2D eigenvalue weighted by atomic mass is 10.0. The quantitative estimate of drug-likeness (QED) is 0.0274. The second-order valence-electron chi connectivity index (χ2n) is 17.5. The third-order valence-corrected chi connectivity index (χ3v) is 11.5. The lowest BCUT2D eigenvalue weighted by molar-refractivity contribution is -0.870. The van der Waals surface area contributed by atoms with Crippen molar-refractivity contribution in [3.63, 3.8) is 0 Å². The van der Waals surface area contributed by atoms with Gasteiger partial charge in [-0.05, 0) is 57.8 Å². The van der Waals surface area contributed by atoms with E-state index in [2.05, 4.69) is 55.6 Å². The minimum absolute atomic E-state index is 0.00513. The molecule has 340 valence electrons. The number of rotatable bonds is 43. The zero-order valence-electron chi connectivity index (χ0n) is 38.5. The number of quaternary nitrogens is 1. The number of aliphatic hydroxyl groups is 1. The Morgan fingerprint density at radius 3 is 1.45 bits per heavy atom. The number of nitrogens with one attached hydrogen (secondary N) is 1. The smallest absolute Gasteiger partial charge is 0.268 e. The summed E-state index contributed by atoms with van der Waals surface area (Å²) in [4.78, 5) is 25.3. The molecule has 58 heavy (non-hydrogen) atoms. The number of phosphoric ester groups is 1. The molecular weight excluding hydrogens is 744 g/mol. The monoisotopic (exact) mass is 837 g/mol. The van der Waals surface area contributed by atoms with Crippen molar-refractivity contribution in [2.45, 2.75) is 219 Å². The molecule has 0 heterocycles. The summed E-state index contributed by atoms with van der Waals surface area (Å²) in [6.07, 6.45) is 51.5. The first-order valence-electron chi connectivity index (χ1n) is 24.0. The summed E-state index contributed by atoms with van der Waals surface area (Å²) in [6.45, 7) is 4.62. The second kappa shape index (κ2) is 40.8. The summed E-state index contributed by atoms with van der Waals surface area (Å²) < 4.78 is 23.2. The van der Waals surface area contributed by atoms with Crippen molar-refractivity contribution in [2.75, 3.05) is 40.9 Å². The Kier molecular flexibility index (Phi) is 39.8. The lowest BCUT2D eigenvalue weighted by Crippen LogP contribution is -2.45. The van der Waals surface area contributed by atoms with Crippen LogP contribution in [-0.4, -0.2) is 68.5 Å². The molecule has 0 aromatic heterocycles. The van der Waals surface area contributed by atoms with Crippen molar-refractivity contribution >= 4 is 13.7 Å². The van der Waals surface area contributed by atoms with Crippen LogP contribution in [0.4, 0.5) is 0 Å². The zero-order chi connectivity index (χ0) is 42.8. The van der Waals surface area contributed by atoms with Gasteiger partial charge in [0.05, 0.1) is 39.9 Å². The van der Waals surface area contributed by atoms with E-state index in [1.165, 1.54) is 122 Å². The molecule has 0 saturated heterocycles. The first-order chi connectivity index (χ1) is 28.0. The van der Waals surface area contributed by atoms with E-state index in [4.69, 9.17) is 9.05 Å². The van der Waals surface area contributed by atoms with E-state index in [9.17, 15) is 19.4 Å². The Morgan fingerprint density at radius 2 is 1.00 bits per heavy atom. The van der Waals surface area contributed by atoms with Gasteiger partial charge in [-0.2, -0.15) is 0 Å². The Balaban J connectivity index is 4.39. The lowest BCUT2D eigenvalue weighted by Gasteiger charge is -2.29. The van der Waals surface area contributed by atoms with Gasteiger partial charge in [-0.25, -0.2) is 0 Å². The van der Waals surface area contributed by atoms with Crippen LogP contribution in [-0.2, 0) is 18.4 Å². The second-order valence-corrected chi connectivity index (χ2v) is 18.9. The molecule has 0 spiro atoms. The van der Waals surface area contributed by atoms with Gasteiger partial charge in [0.1, 0.15) is 13.2 Å². The summed E-state index contributed by atoms with van der Waals surface area (Å²) in [6, 6.07) is -0.894. The third kappa shape index (κ3) is 42.6. The molecule has 3 atom stereocenters. The predicted molar refractivity (Wildman–Crippen MR) is 247 cm³/mol. The summed E-state index contributed by atoms with van der Waals surface area (Å²) in [5.41, 5.74) is 0. The number of carbonyl (C=O) groups excluding carboxylic acids is 1. The van der Waals surface area contributed by atoms with Crippen molar-refractivity contribution in [3.8, 4) is 0 Å². The average Bonchev–Trinajstić information content (AvgIpc) is 3.17. The highest BCUT2D eigenvalue weighted by atomic mass is 31.2. The van der Waals surface area contributed by atoms with E-state index >= 15 is 0 Å². The molecule has 0 bridgehead atoms. The SMILES string of the molecule is CCCCCCC/C=C\C/C=C\C/C=C\CCCCCCCCC(=O)NC(COP(=O)([O-])OCC[N+](C)(C)C)C(O)/C=C/CCCCCCCCCCCCCCC. The number of aliphatic hydroxyl groups excluding tert-OH is 1. The van der Waals surface area contributed by atoms with Gasteiger partial charge >= 0.3 is 0 Å². The van der Waals surface area contributed by atoms with Gasteiger partial charge in [0, 0.05) is 6.42 Å². The van der Waals surface area contributed by atoms with Crippen molar-refractivity contribution in [1.29, 1.82) is 0 Å². The summed E-state index contributed by atoms with van der Waals surface area (Å²) in [5.74, 6) is -0.211. The zero-order valence-corrected chi connectivity index (χ0v) is 39.4. The van der Waals surface area contributed by atoms with Gasteiger partial charge in [-0.15, -0.1) is 0 Å². The number of nitrogens with zero attached hydrogens (tertiary/aromatic N) is 1. The van der Waals surface area contributed by atoms with Crippen LogP contribution in [0.2, 0.25) is 0 Å². The van der Waals surface area contributed by atoms with Gasteiger partial charge < -0.3 is 28.8 Å². The first-order valence-corrected chi connectivity index (χ1v) is 25.5. The third-order valence-electron chi connectivity index (χ3n) is 10.5. The number of hydrogen-bond donors (Lipinski definition) is 2. The molecule has 0 radical (unpaired) electrons. The molecule has 0 rings (SSSR count). The number of phosphoric acid groups is 1. The van der Waals surface area contributed by atoms with Crippen LogP contribution >= 0.6 is 7.82 Å². The number of unbranched alkanes of at least 4 members (excludes halogenated alkanes) is 24. The molecule has 0 aliphatic heterocycles. The highest BCUT2D eigenvalue weighted by Gasteiger charge is 2.23. The molecule has 0 aliphatic carbocycles. The molecule has 3 unspecified atom stereocenters. The van der Waals surface area contributed by atoms with E-state index in [1.54, 1.807) is 6.08 Å². The van der Waals surface area contributed by atoms with Crippen LogP contribution in [0.3, 0.4) is 0 Å². The van der Waals surface area contributed by atoms with E-state index in [0.29, 0.717) is 17.4 Å². The van der Waals surface area contributed by atoms with Gasteiger partial charge in [-0.3, -0.25) is 9.36 Å². The molecule has 9 heteroatoms. The van der Waals surface area contributed by atoms with E-state index in [-0.39, 0.29) is 19.1 Å². The molecule has 0 aromatic carbocycles. The molecule has 2 N–H and O–H groups in total. The summed E-state index contributed by atoms with van der Waals surface area (Å²) in [5, 5.41) is 13.8. The maximum Gasteiger partial charge on any atom is 0.268 e. The van der Waals surface area contributed by atoms with E-state index in [1.807, 2.05) is 27.2 Å². The maximum atomic E-state index is 12.9. The fourth-order valence-electron chi connectivity index (χ4n) is 6.69. The first kappa shape index (κ1) is 56.5. The summed E-state index contributed by atoms with van der Waals surface area (Å²) >= 11 is 0. The largest absolute Gasteiger partial charge is 0.756 e. The Bertz CT molecular complexity index is 1090. The minimum Gasteiger partial charge on any atom is -0.756 e. The fourth-order valence-corrected chi connectivity index (χ4v) is 7.41. The van der Waals surface area contributed by atoms with E-state index in [0.717, 1.165) is 64.2 Å². The van der Waals surface area contributed by atoms with Crippen molar-refractivity contribution in [1.82, 2.24) is 5.32 Å². The van der Waals surface area contributed by atoms with Crippen LogP contribution in [0.15, 0.2) is 48.6 Å². The van der Waals surface area contributed by atoms with Crippen molar-refractivity contribution < 1.29 is 32.9 Å². The number of carbonyl (C=O) groups is 1. The van der Waals surface area contributed by atoms with Gasteiger partial charge in [0.25, 0.3) is 7.82 Å². The number of hydrogen-bond acceptors (Lipinski definition) is 6. The van der Waals surface area contributed by atoms with Crippen LogP contribution < -0.4 is 10.2 Å². The predicted octanol–water partition coefficient (Wildman–Crippen LogP) is 13.0. The number of amides is 1. The van der Waals surface area contributed by atoms with Crippen LogP contribution in [0.5, 0.6) is 0 Å². The highest BCUT2D eigenvalue weighted by Crippen LogP contribution is 2.38. The van der Waals surface area contributed by atoms with E-state index < -0.39 is 20.0 Å². The average molecular weight is 837 g/mol. The van der Waals surface area contributed by atoms with Crippen LogP contribution in [0.25, 0.3) is 0 Å². The fraction of sp³-hybridized carbons (Fsp3) is 0.816. The Hall–Kier alpha value is -1.54. The Labute approximate surface area is 359 Å². The molecule has 0 aliphatic rings. The Morgan fingerprint density at radius 1 is 0.603 bits per heavy atom. The van der Waals surface area contributed by atoms with Crippen molar-refractivity contribution in [3.05, 3.63) is 48.6 Å². The highest BCUT2D eigenvalue weighted by molar-refractivity contribution is 7.45. The summed E-state index contributed by atoms with van der Waals surface area (Å²) in [7, 11) is 1.25. The minimum atomic E-state index is -4.59. The molecule has 0 fully saturated rings. The number of likely N-dealkylation sites (N-methyl/N-ethyl adjacent to an activating group) is 1. The molecule has 8 nitrogen and oxygen atoms in total. The van der Waals surface area contributed by atoms with Crippen LogP contribution in [0, 0.1) is 0 Å². The molecule has 0 aromatic rings. The normalized spacial score (nSPS) is 14.7. The topological polar surface area (TPSA) is 108 Å². The molecule has 0 saturated carbocycles. The van der Waals surface area contributed by atoms with Gasteiger partial charge in [0.15, 0.2) is 0 Å².